The van der Waals surface area contributed by atoms with E-state index in [0.717, 1.165) is 25.9 Å². The zero-order chi connectivity index (χ0) is 11.5. The van der Waals surface area contributed by atoms with Gasteiger partial charge in [0.05, 0.1) is 12.2 Å². The Kier molecular flexibility index (Phi) is 4.22. The summed E-state index contributed by atoms with van der Waals surface area (Å²) in [6.07, 6.45) is 6.03. The van der Waals surface area contributed by atoms with Gasteiger partial charge in [0.25, 0.3) is 0 Å². The second-order valence-electron chi connectivity index (χ2n) is 5.45. The molecule has 2 aliphatic rings. The van der Waals surface area contributed by atoms with Crippen LogP contribution in [0.4, 0.5) is 0 Å². The highest BCUT2D eigenvalue weighted by Gasteiger charge is 2.34. The molecule has 1 N–H and O–H groups in total. The second-order valence-corrected chi connectivity index (χ2v) is 5.45. The third kappa shape index (κ3) is 2.58. The third-order valence-electron chi connectivity index (χ3n) is 4.39. The number of nitrogens with zero attached hydrogens (tertiary/aromatic N) is 1. The van der Waals surface area contributed by atoms with Crippen LogP contribution in [0, 0.1) is 5.92 Å². The average molecular weight is 227 g/mol. The molecule has 1 saturated heterocycles. The second kappa shape index (κ2) is 5.48. The molecule has 1 aliphatic heterocycles. The van der Waals surface area contributed by atoms with Gasteiger partial charge in [0.15, 0.2) is 0 Å². The van der Waals surface area contributed by atoms with Crippen LogP contribution in [0.15, 0.2) is 0 Å². The number of likely N-dealkylation sites (tertiary alicyclic amines) is 1. The first-order chi connectivity index (χ1) is 7.72. The zero-order valence-corrected chi connectivity index (χ0v) is 10.6. The standard InChI is InChI=1S/C13H25NO2/c1-10-7-8-14(9-13(10)16-2)11-5-3-4-6-12(11)15/h10-13,15H,3-9H2,1-2H3/t10?,11-,12-,13?/m1/s1. The number of piperidine rings is 1. The average Bonchev–Trinajstić information content (AvgIpc) is 2.31. The SMILES string of the molecule is COC1CN([C@@H]2CCCC[C@H]2O)CCC1C. The van der Waals surface area contributed by atoms with Crippen molar-refractivity contribution in [3.8, 4) is 0 Å². The van der Waals surface area contributed by atoms with Crippen molar-refractivity contribution in [1.29, 1.82) is 0 Å². The van der Waals surface area contributed by atoms with Crippen LogP contribution in [0.5, 0.6) is 0 Å². The van der Waals surface area contributed by atoms with Gasteiger partial charge in [0, 0.05) is 19.7 Å². The van der Waals surface area contributed by atoms with E-state index in [1.54, 1.807) is 0 Å². The largest absolute Gasteiger partial charge is 0.391 e. The molecule has 1 heterocycles. The first kappa shape index (κ1) is 12.3. The van der Waals surface area contributed by atoms with Crippen LogP contribution in [-0.2, 0) is 4.74 Å². The lowest BCUT2D eigenvalue weighted by molar-refractivity contribution is -0.0533. The first-order valence-electron chi connectivity index (χ1n) is 6.67. The lowest BCUT2D eigenvalue weighted by Crippen LogP contribution is -2.53. The first-order valence-corrected chi connectivity index (χ1v) is 6.67. The Morgan fingerprint density at radius 1 is 1.19 bits per heavy atom. The molecule has 2 rings (SSSR count). The summed E-state index contributed by atoms with van der Waals surface area (Å²) in [5, 5.41) is 10.1. The quantitative estimate of drug-likeness (QED) is 0.778. The van der Waals surface area contributed by atoms with E-state index in [0.29, 0.717) is 18.1 Å². The smallest absolute Gasteiger partial charge is 0.0724 e. The van der Waals surface area contributed by atoms with Gasteiger partial charge in [-0.05, 0) is 31.7 Å². The predicted octanol–water partition coefficient (Wildman–Crippen LogP) is 1.65. The van der Waals surface area contributed by atoms with E-state index in [9.17, 15) is 5.11 Å². The number of methoxy groups -OCH3 is 1. The Balaban J connectivity index is 1.93. The minimum atomic E-state index is -0.111. The van der Waals surface area contributed by atoms with E-state index in [1.807, 2.05) is 7.11 Å². The molecular formula is C13H25NO2. The molecule has 0 spiro atoms. The Morgan fingerprint density at radius 2 is 1.94 bits per heavy atom. The molecule has 0 aromatic rings. The van der Waals surface area contributed by atoms with E-state index in [-0.39, 0.29) is 6.10 Å². The van der Waals surface area contributed by atoms with Gasteiger partial charge in [-0.25, -0.2) is 0 Å². The van der Waals surface area contributed by atoms with Gasteiger partial charge in [-0.1, -0.05) is 19.8 Å². The molecule has 0 radical (unpaired) electrons. The molecule has 94 valence electrons. The number of aliphatic hydroxyl groups is 1. The molecule has 0 aromatic carbocycles. The number of ether oxygens (including phenoxy) is 1. The summed E-state index contributed by atoms with van der Waals surface area (Å²) in [6.45, 7) is 4.39. The normalized spacial score (nSPS) is 42.2. The van der Waals surface area contributed by atoms with Crippen molar-refractivity contribution in [3.05, 3.63) is 0 Å². The van der Waals surface area contributed by atoms with E-state index in [2.05, 4.69) is 11.8 Å². The Bertz CT molecular complexity index is 222. The van der Waals surface area contributed by atoms with Gasteiger partial charge >= 0.3 is 0 Å². The molecule has 2 fully saturated rings. The fourth-order valence-electron chi connectivity index (χ4n) is 3.18. The van der Waals surface area contributed by atoms with Gasteiger partial charge in [-0.3, -0.25) is 4.90 Å². The maximum absolute atomic E-state index is 10.1. The molecule has 3 nitrogen and oxygen atoms in total. The summed E-state index contributed by atoms with van der Waals surface area (Å²) in [7, 11) is 1.81. The summed E-state index contributed by atoms with van der Waals surface area (Å²) in [6, 6.07) is 0.388. The van der Waals surface area contributed by atoms with Crippen molar-refractivity contribution in [3.63, 3.8) is 0 Å². The predicted molar refractivity (Wildman–Crippen MR) is 64.4 cm³/mol. The van der Waals surface area contributed by atoms with Crippen LogP contribution < -0.4 is 0 Å². The number of rotatable bonds is 2. The van der Waals surface area contributed by atoms with Gasteiger partial charge in [-0.2, -0.15) is 0 Å². The molecule has 4 atom stereocenters. The van der Waals surface area contributed by atoms with Crippen LogP contribution in [0.25, 0.3) is 0 Å². The fourth-order valence-corrected chi connectivity index (χ4v) is 3.18. The highest BCUT2D eigenvalue weighted by Crippen LogP contribution is 2.28. The Hall–Kier alpha value is -0.120. The molecule has 1 saturated carbocycles. The zero-order valence-electron chi connectivity index (χ0n) is 10.6. The van der Waals surface area contributed by atoms with E-state index >= 15 is 0 Å². The molecule has 0 aromatic heterocycles. The van der Waals surface area contributed by atoms with E-state index in [4.69, 9.17) is 4.74 Å². The van der Waals surface area contributed by atoms with Crippen molar-refractivity contribution in [2.45, 2.75) is 57.3 Å². The monoisotopic (exact) mass is 227 g/mol. The molecule has 16 heavy (non-hydrogen) atoms. The van der Waals surface area contributed by atoms with Gasteiger partial charge in [0.1, 0.15) is 0 Å². The van der Waals surface area contributed by atoms with Gasteiger partial charge in [-0.15, -0.1) is 0 Å². The van der Waals surface area contributed by atoms with Crippen molar-refractivity contribution in [2.24, 2.45) is 5.92 Å². The van der Waals surface area contributed by atoms with E-state index < -0.39 is 0 Å². The highest BCUT2D eigenvalue weighted by atomic mass is 16.5. The van der Waals surface area contributed by atoms with Crippen LogP contribution in [-0.4, -0.2) is 48.5 Å². The minimum absolute atomic E-state index is 0.111. The number of aliphatic hydroxyl groups excluding tert-OH is 1. The number of hydrogen-bond donors (Lipinski definition) is 1. The fraction of sp³-hybridized carbons (Fsp3) is 1.00. The lowest BCUT2D eigenvalue weighted by Gasteiger charge is -2.43. The molecule has 0 bridgehead atoms. The molecular weight excluding hydrogens is 202 g/mol. The molecule has 1 aliphatic carbocycles. The van der Waals surface area contributed by atoms with Crippen LogP contribution in [0.3, 0.4) is 0 Å². The molecule has 3 heteroatoms. The summed E-state index contributed by atoms with van der Waals surface area (Å²) in [5.41, 5.74) is 0. The van der Waals surface area contributed by atoms with Crippen LogP contribution in [0.1, 0.15) is 39.0 Å². The number of hydrogen-bond acceptors (Lipinski definition) is 3. The van der Waals surface area contributed by atoms with Crippen LogP contribution >= 0.6 is 0 Å². The molecule has 2 unspecified atom stereocenters. The van der Waals surface area contributed by atoms with Crippen molar-refractivity contribution in [2.75, 3.05) is 20.2 Å². The van der Waals surface area contributed by atoms with Gasteiger partial charge in [0.2, 0.25) is 0 Å². The Morgan fingerprint density at radius 3 is 2.62 bits per heavy atom. The lowest BCUT2D eigenvalue weighted by atomic mass is 9.88. The van der Waals surface area contributed by atoms with E-state index in [1.165, 1.54) is 19.3 Å². The summed E-state index contributed by atoms with van der Waals surface area (Å²) >= 11 is 0. The highest BCUT2D eigenvalue weighted by molar-refractivity contribution is 4.88. The van der Waals surface area contributed by atoms with Crippen molar-refractivity contribution in [1.82, 2.24) is 4.90 Å². The Labute approximate surface area is 98.8 Å². The summed E-state index contributed by atoms with van der Waals surface area (Å²) in [5.74, 6) is 0.655. The maximum atomic E-state index is 10.1. The minimum Gasteiger partial charge on any atom is -0.391 e. The maximum Gasteiger partial charge on any atom is 0.0724 e. The topological polar surface area (TPSA) is 32.7 Å². The summed E-state index contributed by atoms with van der Waals surface area (Å²) < 4.78 is 5.54. The van der Waals surface area contributed by atoms with Gasteiger partial charge < -0.3 is 9.84 Å². The summed E-state index contributed by atoms with van der Waals surface area (Å²) in [4.78, 5) is 2.46. The van der Waals surface area contributed by atoms with Crippen molar-refractivity contribution >= 4 is 0 Å². The molecule has 0 amide bonds. The van der Waals surface area contributed by atoms with Crippen LogP contribution in [0.2, 0.25) is 0 Å². The third-order valence-corrected chi connectivity index (χ3v) is 4.39. The van der Waals surface area contributed by atoms with Crippen molar-refractivity contribution < 1.29 is 9.84 Å².